The van der Waals surface area contributed by atoms with Crippen molar-refractivity contribution >= 4 is 35.3 Å². The van der Waals surface area contributed by atoms with Crippen LogP contribution >= 0.6 is 11.6 Å². The van der Waals surface area contributed by atoms with E-state index in [0.29, 0.717) is 39.3 Å². The molecule has 35 heavy (non-hydrogen) atoms. The van der Waals surface area contributed by atoms with Gasteiger partial charge in [-0.2, -0.15) is 5.10 Å². The molecule has 0 aromatic heterocycles. The summed E-state index contributed by atoms with van der Waals surface area (Å²) < 4.78 is 21.4. The number of anilines is 1. The third-order valence-electron chi connectivity index (χ3n) is 4.53. The summed E-state index contributed by atoms with van der Waals surface area (Å²) >= 11 is 6.04. The second-order valence-electron chi connectivity index (χ2n) is 6.98. The van der Waals surface area contributed by atoms with Gasteiger partial charge >= 0.3 is 0 Å². The molecule has 9 nitrogen and oxygen atoms in total. The van der Waals surface area contributed by atoms with Gasteiger partial charge in [0.2, 0.25) is 0 Å². The Bertz CT molecular complexity index is 1180. The van der Waals surface area contributed by atoms with E-state index in [1.807, 2.05) is 0 Å². The number of hydrogen-bond donors (Lipinski definition) is 2. The molecule has 2 amide bonds. The Kier molecular flexibility index (Phi) is 9.32. The summed E-state index contributed by atoms with van der Waals surface area (Å²) in [5.41, 5.74) is 3.53. The van der Waals surface area contributed by atoms with Crippen molar-refractivity contribution in [1.82, 2.24) is 5.43 Å². The highest BCUT2D eigenvalue weighted by Crippen LogP contribution is 2.28. The molecule has 0 spiro atoms. The Morgan fingerprint density at radius 2 is 1.57 bits per heavy atom. The average molecular weight is 498 g/mol. The van der Waals surface area contributed by atoms with Crippen molar-refractivity contribution in [3.8, 4) is 23.0 Å². The summed E-state index contributed by atoms with van der Waals surface area (Å²) in [6.45, 7) is -0.435. The normalized spacial score (nSPS) is 10.5. The number of rotatable bonds is 11. The van der Waals surface area contributed by atoms with E-state index < -0.39 is 5.91 Å². The first kappa shape index (κ1) is 25.4. The number of amides is 2. The number of methoxy groups -OCH3 is 2. The van der Waals surface area contributed by atoms with Crippen molar-refractivity contribution in [3.63, 3.8) is 0 Å². The summed E-state index contributed by atoms with van der Waals surface area (Å²) in [6, 6.07) is 18.8. The molecule has 182 valence electrons. The molecule has 0 aliphatic carbocycles. The predicted molar refractivity (Wildman–Crippen MR) is 133 cm³/mol. The number of ether oxygens (including phenoxy) is 4. The van der Waals surface area contributed by atoms with Crippen molar-refractivity contribution in [2.75, 3.05) is 32.8 Å². The second kappa shape index (κ2) is 12.9. The molecular weight excluding hydrogens is 474 g/mol. The Morgan fingerprint density at radius 1 is 0.857 bits per heavy atom. The van der Waals surface area contributed by atoms with E-state index in [1.54, 1.807) is 73.8 Å². The van der Waals surface area contributed by atoms with E-state index in [2.05, 4.69) is 15.8 Å². The van der Waals surface area contributed by atoms with Gasteiger partial charge in [-0.15, -0.1) is 0 Å². The van der Waals surface area contributed by atoms with E-state index in [0.717, 1.165) is 0 Å². The first-order valence-electron chi connectivity index (χ1n) is 10.4. The lowest BCUT2D eigenvalue weighted by atomic mass is 10.2. The summed E-state index contributed by atoms with van der Waals surface area (Å²) in [4.78, 5) is 24.1. The highest BCUT2D eigenvalue weighted by atomic mass is 35.5. The van der Waals surface area contributed by atoms with Gasteiger partial charge in [0, 0.05) is 0 Å². The molecule has 0 saturated heterocycles. The second-order valence-corrected chi connectivity index (χ2v) is 7.39. The molecule has 0 saturated carbocycles. The van der Waals surface area contributed by atoms with E-state index in [9.17, 15) is 9.59 Å². The largest absolute Gasteiger partial charge is 0.497 e. The molecular formula is C25H24ClN3O6. The highest BCUT2D eigenvalue weighted by molar-refractivity contribution is 6.33. The Balaban J connectivity index is 1.48. The molecule has 10 heteroatoms. The number of halogens is 1. The number of nitrogens with one attached hydrogen (secondary N) is 2. The fourth-order valence-corrected chi connectivity index (χ4v) is 2.99. The summed E-state index contributed by atoms with van der Waals surface area (Å²) in [7, 11) is 3.05. The number of para-hydroxylation sites is 1. The summed E-state index contributed by atoms with van der Waals surface area (Å²) in [5, 5.41) is 7.03. The van der Waals surface area contributed by atoms with Crippen molar-refractivity contribution in [1.29, 1.82) is 0 Å². The van der Waals surface area contributed by atoms with E-state index >= 15 is 0 Å². The van der Waals surface area contributed by atoms with Crippen LogP contribution in [0.2, 0.25) is 5.02 Å². The van der Waals surface area contributed by atoms with Crippen LogP contribution in [0.4, 0.5) is 5.69 Å². The van der Waals surface area contributed by atoms with Crippen LogP contribution in [0.25, 0.3) is 0 Å². The third-order valence-corrected chi connectivity index (χ3v) is 4.86. The van der Waals surface area contributed by atoms with Gasteiger partial charge in [-0.1, -0.05) is 23.7 Å². The Hall–Kier alpha value is -4.24. The van der Waals surface area contributed by atoms with Crippen LogP contribution in [0.15, 0.2) is 71.8 Å². The van der Waals surface area contributed by atoms with E-state index in [4.69, 9.17) is 30.5 Å². The molecule has 0 aliphatic heterocycles. The first-order chi connectivity index (χ1) is 17.0. The number of nitrogens with zero attached hydrogens (tertiary/aromatic N) is 1. The SMILES string of the molecule is COc1ccc(OCC(=O)N/N=C/c2ccc(OCC(=O)Nc3ccccc3Cl)c(OC)c2)cc1. The topological polar surface area (TPSA) is 107 Å². The molecule has 0 fully saturated rings. The average Bonchev–Trinajstić information content (AvgIpc) is 2.88. The van der Waals surface area contributed by atoms with Gasteiger partial charge in [-0.25, -0.2) is 5.43 Å². The van der Waals surface area contributed by atoms with E-state index in [1.165, 1.54) is 13.3 Å². The van der Waals surface area contributed by atoms with Crippen LogP contribution in [-0.4, -0.2) is 45.5 Å². The summed E-state index contributed by atoms with van der Waals surface area (Å²) in [5.74, 6) is 1.20. The van der Waals surface area contributed by atoms with Crippen LogP contribution in [0.1, 0.15) is 5.56 Å². The minimum atomic E-state index is -0.423. The van der Waals surface area contributed by atoms with Gasteiger partial charge in [0.25, 0.3) is 11.8 Å². The van der Waals surface area contributed by atoms with Crippen molar-refractivity contribution in [2.24, 2.45) is 5.10 Å². The highest BCUT2D eigenvalue weighted by Gasteiger charge is 2.10. The minimum Gasteiger partial charge on any atom is -0.497 e. The lowest BCUT2D eigenvalue weighted by Gasteiger charge is -2.12. The first-order valence-corrected chi connectivity index (χ1v) is 10.8. The quantitative estimate of drug-likeness (QED) is 0.307. The molecule has 0 heterocycles. The van der Waals surface area contributed by atoms with Gasteiger partial charge in [0.1, 0.15) is 11.5 Å². The zero-order chi connectivity index (χ0) is 25.0. The Labute approximate surface area is 207 Å². The number of carbonyl (C=O) groups is 2. The number of hydrogen-bond acceptors (Lipinski definition) is 7. The van der Waals surface area contributed by atoms with Gasteiger partial charge < -0.3 is 24.3 Å². The Morgan fingerprint density at radius 3 is 2.29 bits per heavy atom. The predicted octanol–water partition coefficient (Wildman–Crippen LogP) is 3.90. The van der Waals surface area contributed by atoms with Crippen molar-refractivity contribution in [3.05, 3.63) is 77.3 Å². The molecule has 0 atom stereocenters. The maximum absolute atomic E-state index is 12.2. The fourth-order valence-electron chi connectivity index (χ4n) is 2.81. The maximum atomic E-state index is 12.2. The lowest BCUT2D eigenvalue weighted by Crippen LogP contribution is -2.24. The van der Waals surface area contributed by atoms with Crippen molar-refractivity contribution < 1.29 is 28.5 Å². The maximum Gasteiger partial charge on any atom is 0.277 e. The number of carbonyl (C=O) groups excluding carboxylic acids is 2. The smallest absolute Gasteiger partial charge is 0.277 e. The number of hydrazone groups is 1. The fraction of sp³-hybridized carbons (Fsp3) is 0.160. The standard InChI is InChI=1S/C25H24ClN3O6/c1-32-18-8-10-19(11-9-18)34-16-25(31)29-27-14-17-7-12-22(23(13-17)33-2)35-15-24(30)28-21-6-4-3-5-20(21)26/h3-14H,15-16H2,1-2H3,(H,28,30)(H,29,31)/b27-14+. The van der Waals surface area contributed by atoms with Crippen LogP contribution in [0, 0.1) is 0 Å². The molecule has 0 aliphatic rings. The molecule has 3 aromatic carbocycles. The zero-order valence-corrected chi connectivity index (χ0v) is 19.9. The summed E-state index contributed by atoms with van der Waals surface area (Å²) in [6.07, 6.45) is 1.45. The van der Waals surface area contributed by atoms with Crippen LogP contribution in [0.5, 0.6) is 23.0 Å². The van der Waals surface area contributed by atoms with Gasteiger partial charge in [-0.05, 0) is 60.2 Å². The molecule has 3 aromatic rings. The van der Waals surface area contributed by atoms with Crippen LogP contribution in [0.3, 0.4) is 0 Å². The molecule has 0 unspecified atom stereocenters. The van der Waals surface area contributed by atoms with Gasteiger partial charge in [0.05, 0.1) is 31.1 Å². The minimum absolute atomic E-state index is 0.198. The van der Waals surface area contributed by atoms with Crippen LogP contribution < -0.4 is 29.7 Å². The van der Waals surface area contributed by atoms with Crippen molar-refractivity contribution in [2.45, 2.75) is 0 Å². The number of benzene rings is 3. The molecule has 3 rings (SSSR count). The molecule has 0 radical (unpaired) electrons. The molecule has 0 bridgehead atoms. The third kappa shape index (κ3) is 7.94. The van der Waals surface area contributed by atoms with Gasteiger partial charge in [0.15, 0.2) is 24.7 Å². The van der Waals surface area contributed by atoms with E-state index in [-0.39, 0.29) is 19.1 Å². The molecule has 2 N–H and O–H groups in total. The zero-order valence-electron chi connectivity index (χ0n) is 19.1. The monoisotopic (exact) mass is 497 g/mol. The van der Waals surface area contributed by atoms with Crippen LogP contribution in [-0.2, 0) is 9.59 Å². The van der Waals surface area contributed by atoms with Gasteiger partial charge in [-0.3, -0.25) is 9.59 Å². The lowest BCUT2D eigenvalue weighted by molar-refractivity contribution is -0.123.